The minimum absolute atomic E-state index is 0.303. The maximum atomic E-state index is 8.89. The Morgan fingerprint density at radius 2 is 1.25 bits per heavy atom. The zero-order valence-electron chi connectivity index (χ0n) is 17.2. The van der Waals surface area contributed by atoms with Crippen molar-refractivity contribution >= 4 is 0 Å². The molecular formula is C27H32O. The van der Waals surface area contributed by atoms with Crippen molar-refractivity contribution in [2.24, 2.45) is 0 Å². The van der Waals surface area contributed by atoms with Crippen LogP contribution >= 0.6 is 0 Å². The summed E-state index contributed by atoms with van der Waals surface area (Å²) in [5.74, 6) is 0. The van der Waals surface area contributed by atoms with Crippen molar-refractivity contribution in [3.05, 3.63) is 83.4 Å². The average molecular weight is 373 g/mol. The molecule has 0 aromatic heterocycles. The Bertz CT molecular complexity index is 860. The van der Waals surface area contributed by atoms with Gasteiger partial charge in [0.15, 0.2) is 0 Å². The molecule has 3 rings (SSSR count). The van der Waals surface area contributed by atoms with E-state index in [-0.39, 0.29) is 0 Å². The highest BCUT2D eigenvalue weighted by Crippen LogP contribution is 2.30. The van der Waals surface area contributed by atoms with Crippen LogP contribution in [0.25, 0.3) is 22.3 Å². The molecule has 3 aromatic carbocycles. The lowest BCUT2D eigenvalue weighted by atomic mass is 9.92. The molecule has 0 amide bonds. The zero-order chi connectivity index (χ0) is 19.8. The predicted molar refractivity (Wildman–Crippen MR) is 121 cm³/mol. The summed E-state index contributed by atoms with van der Waals surface area (Å²) >= 11 is 0. The van der Waals surface area contributed by atoms with Crippen LogP contribution in [0.4, 0.5) is 0 Å². The summed E-state index contributed by atoms with van der Waals surface area (Å²) in [6.07, 6.45) is 6.35. The van der Waals surface area contributed by atoms with Crippen molar-refractivity contribution in [1.82, 2.24) is 0 Å². The molecule has 0 unspecified atom stereocenters. The minimum Gasteiger partial charge on any atom is -0.396 e. The summed E-state index contributed by atoms with van der Waals surface area (Å²) in [4.78, 5) is 0. The van der Waals surface area contributed by atoms with E-state index in [2.05, 4.69) is 80.6 Å². The van der Waals surface area contributed by atoms with Gasteiger partial charge in [-0.1, -0.05) is 87.0 Å². The van der Waals surface area contributed by atoms with Crippen molar-refractivity contribution in [1.29, 1.82) is 0 Å². The summed E-state index contributed by atoms with van der Waals surface area (Å²) in [5.41, 5.74) is 9.38. The van der Waals surface area contributed by atoms with Crippen LogP contribution in [-0.2, 0) is 19.3 Å². The van der Waals surface area contributed by atoms with Gasteiger partial charge in [0.1, 0.15) is 0 Å². The first kappa shape index (κ1) is 20.4. The number of hydrogen-bond donors (Lipinski definition) is 1. The molecule has 0 bridgehead atoms. The van der Waals surface area contributed by atoms with Gasteiger partial charge < -0.3 is 5.11 Å². The minimum atomic E-state index is 0.303. The maximum absolute atomic E-state index is 8.89. The van der Waals surface area contributed by atoms with Gasteiger partial charge in [-0.15, -0.1) is 0 Å². The van der Waals surface area contributed by atoms with Gasteiger partial charge in [-0.05, 0) is 71.0 Å². The van der Waals surface area contributed by atoms with Gasteiger partial charge in [0.25, 0.3) is 0 Å². The monoisotopic (exact) mass is 372 g/mol. The molecule has 0 atom stereocenters. The number of aliphatic hydroxyl groups excluding tert-OH is 1. The number of aryl methyl sites for hydroxylation is 3. The number of hydrogen-bond acceptors (Lipinski definition) is 1. The first-order valence-electron chi connectivity index (χ1n) is 10.7. The molecule has 0 aliphatic carbocycles. The Kier molecular flexibility index (Phi) is 7.45. The zero-order valence-corrected chi connectivity index (χ0v) is 17.2. The second-order valence-electron chi connectivity index (χ2n) is 7.51. The fraction of sp³-hybridized carbons (Fsp3) is 0.333. The quantitative estimate of drug-likeness (QED) is 0.407. The Hall–Kier alpha value is -2.38. The molecule has 0 fully saturated rings. The molecule has 0 heterocycles. The molecule has 0 radical (unpaired) electrons. The van der Waals surface area contributed by atoms with E-state index >= 15 is 0 Å². The lowest BCUT2D eigenvalue weighted by Crippen LogP contribution is -1.92. The average Bonchev–Trinajstić information content (AvgIpc) is 2.77. The van der Waals surface area contributed by atoms with Gasteiger partial charge in [-0.2, -0.15) is 0 Å². The van der Waals surface area contributed by atoms with Crippen LogP contribution in [-0.4, -0.2) is 11.7 Å². The van der Waals surface area contributed by atoms with E-state index in [1.807, 2.05) is 0 Å². The fourth-order valence-corrected chi connectivity index (χ4v) is 3.75. The predicted octanol–water partition coefficient (Wildman–Crippen LogP) is 6.85. The molecule has 146 valence electrons. The number of aliphatic hydroxyl groups is 1. The topological polar surface area (TPSA) is 20.2 Å². The third-order valence-electron chi connectivity index (χ3n) is 5.57. The summed E-state index contributed by atoms with van der Waals surface area (Å²) in [6.45, 7) is 4.73. The van der Waals surface area contributed by atoms with Gasteiger partial charge in [0.05, 0.1) is 0 Å². The highest BCUT2D eigenvalue weighted by atomic mass is 16.2. The largest absolute Gasteiger partial charge is 0.396 e. The van der Waals surface area contributed by atoms with E-state index in [0.717, 1.165) is 38.5 Å². The van der Waals surface area contributed by atoms with Crippen molar-refractivity contribution in [2.75, 3.05) is 6.61 Å². The molecule has 0 saturated heterocycles. The van der Waals surface area contributed by atoms with E-state index in [1.54, 1.807) is 0 Å². The number of rotatable bonds is 9. The van der Waals surface area contributed by atoms with E-state index in [9.17, 15) is 0 Å². The van der Waals surface area contributed by atoms with E-state index in [0.29, 0.717) is 6.61 Å². The van der Waals surface area contributed by atoms with Crippen molar-refractivity contribution < 1.29 is 5.11 Å². The SMILES string of the molecule is CCc1ccc(-c2ccc(-c3ccc(CCCCCO)cc3)c(CC)c2)cc1. The molecule has 0 spiro atoms. The van der Waals surface area contributed by atoms with Crippen LogP contribution in [0.3, 0.4) is 0 Å². The molecular weight excluding hydrogens is 340 g/mol. The summed E-state index contributed by atoms with van der Waals surface area (Å²) in [5, 5.41) is 8.89. The van der Waals surface area contributed by atoms with Crippen molar-refractivity contribution in [3.63, 3.8) is 0 Å². The summed E-state index contributed by atoms with van der Waals surface area (Å²) < 4.78 is 0. The van der Waals surface area contributed by atoms with Crippen molar-refractivity contribution in [2.45, 2.75) is 52.4 Å². The highest BCUT2D eigenvalue weighted by Gasteiger charge is 2.07. The maximum Gasteiger partial charge on any atom is 0.0431 e. The second kappa shape index (κ2) is 10.2. The van der Waals surface area contributed by atoms with Crippen LogP contribution in [0.5, 0.6) is 0 Å². The van der Waals surface area contributed by atoms with Gasteiger partial charge in [0.2, 0.25) is 0 Å². The Morgan fingerprint density at radius 1 is 0.607 bits per heavy atom. The molecule has 28 heavy (non-hydrogen) atoms. The van der Waals surface area contributed by atoms with Gasteiger partial charge in [-0.25, -0.2) is 0 Å². The van der Waals surface area contributed by atoms with Crippen molar-refractivity contribution in [3.8, 4) is 22.3 Å². The van der Waals surface area contributed by atoms with Gasteiger partial charge in [0, 0.05) is 6.61 Å². The van der Waals surface area contributed by atoms with E-state index in [4.69, 9.17) is 5.11 Å². The van der Waals surface area contributed by atoms with Crippen LogP contribution in [0.1, 0.15) is 49.8 Å². The fourth-order valence-electron chi connectivity index (χ4n) is 3.75. The summed E-state index contributed by atoms with van der Waals surface area (Å²) in [6, 6.07) is 24.8. The third-order valence-corrected chi connectivity index (χ3v) is 5.57. The molecule has 0 saturated carbocycles. The standard InChI is InChI=1S/C27H32O/c1-3-21-9-13-24(14-10-21)26-17-18-27(23(4-2)20-26)25-15-11-22(12-16-25)8-6-5-7-19-28/h9-18,20,28H,3-8,19H2,1-2H3. The lowest BCUT2D eigenvalue weighted by Gasteiger charge is -2.12. The van der Waals surface area contributed by atoms with Gasteiger partial charge >= 0.3 is 0 Å². The second-order valence-corrected chi connectivity index (χ2v) is 7.51. The van der Waals surface area contributed by atoms with Crippen LogP contribution in [0.15, 0.2) is 66.7 Å². The van der Waals surface area contributed by atoms with Crippen LogP contribution < -0.4 is 0 Å². The molecule has 0 aliphatic heterocycles. The van der Waals surface area contributed by atoms with Crippen LogP contribution in [0, 0.1) is 0 Å². The first-order valence-corrected chi connectivity index (χ1v) is 10.7. The Morgan fingerprint density at radius 3 is 1.89 bits per heavy atom. The normalized spacial score (nSPS) is 11.0. The molecule has 3 aromatic rings. The molecule has 1 N–H and O–H groups in total. The van der Waals surface area contributed by atoms with E-state index < -0.39 is 0 Å². The smallest absolute Gasteiger partial charge is 0.0431 e. The lowest BCUT2D eigenvalue weighted by molar-refractivity contribution is 0.283. The van der Waals surface area contributed by atoms with Crippen LogP contribution in [0.2, 0.25) is 0 Å². The van der Waals surface area contributed by atoms with E-state index in [1.165, 1.54) is 38.9 Å². The first-order chi connectivity index (χ1) is 13.7. The molecule has 1 heteroatoms. The van der Waals surface area contributed by atoms with Gasteiger partial charge in [-0.3, -0.25) is 0 Å². The molecule has 1 nitrogen and oxygen atoms in total. The Labute approximate surface area is 170 Å². The highest BCUT2D eigenvalue weighted by molar-refractivity contribution is 5.74. The third kappa shape index (κ3) is 5.11. The number of benzene rings is 3. The molecule has 0 aliphatic rings. The number of unbranched alkanes of at least 4 members (excludes halogenated alkanes) is 2. The summed E-state index contributed by atoms with van der Waals surface area (Å²) in [7, 11) is 0. The Balaban J connectivity index is 1.78.